The van der Waals surface area contributed by atoms with Crippen LogP contribution >= 0.6 is 0 Å². The highest BCUT2D eigenvalue weighted by Gasteiger charge is 2.39. The molecule has 2 aliphatic rings. The first kappa shape index (κ1) is 17.9. The molecule has 3 heterocycles. The highest BCUT2D eigenvalue weighted by molar-refractivity contribution is 6.00. The number of rotatable bonds is 4. The smallest absolute Gasteiger partial charge is 0.228 e. The van der Waals surface area contributed by atoms with E-state index in [1.54, 1.807) is 11.1 Å². The first-order valence-electron chi connectivity index (χ1n) is 9.10. The molecule has 0 N–H and O–H groups in total. The summed E-state index contributed by atoms with van der Waals surface area (Å²) in [6.45, 7) is 10.7. The van der Waals surface area contributed by atoms with Crippen molar-refractivity contribution in [1.29, 1.82) is 0 Å². The summed E-state index contributed by atoms with van der Waals surface area (Å²) in [6.07, 6.45) is 3.95. The molecule has 138 valence electrons. The summed E-state index contributed by atoms with van der Waals surface area (Å²) in [5, 5.41) is 4.33. The Hall–Kier alpha value is -1.89. The van der Waals surface area contributed by atoms with Gasteiger partial charge in [0.1, 0.15) is 0 Å². The van der Waals surface area contributed by atoms with Gasteiger partial charge in [-0.15, -0.1) is 0 Å². The zero-order chi connectivity index (χ0) is 18.1. The lowest BCUT2D eigenvalue weighted by molar-refractivity contribution is -0.147. The number of anilines is 1. The van der Waals surface area contributed by atoms with Crippen LogP contribution in [0.5, 0.6) is 0 Å². The van der Waals surface area contributed by atoms with Gasteiger partial charge in [0.2, 0.25) is 11.8 Å². The molecule has 7 nitrogen and oxygen atoms in total. The average molecular weight is 348 g/mol. The zero-order valence-electron chi connectivity index (χ0n) is 15.5. The van der Waals surface area contributed by atoms with Gasteiger partial charge in [-0.2, -0.15) is 5.10 Å². The van der Waals surface area contributed by atoms with Crippen LogP contribution in [0.1, 0.15) is 34.1 Å². The van der Waals surface area contributed by atoms with Crippen LogP contribution in [-0.4, -0.2) is 58.3 Å². The minimum atomic E-state index is -0.279. The number of hydrogen-bond acceptors (Lipinski definition) is 4. The minimum absolute atomic E-state index is 0.00296. The van der Waals surface area contributed by atoms with Gasteiger partial charge in [0.05, 0.1) is 30.0 Å². The van der Waals surface area contributed by atoms with Crippen molar-refractivity contribution in [3.63, 3.8) is 0 Å². The van der Waals surface area contributed by atoms with E-state index in [2.05, 4.69) is 18.9 Å². The number of carbonyl (C=O) groups is 2. The fraction of sp³-hybridized carbons (Fsp3) is 0.722. The molecular weight excluding hydrogens is 320 g/mol. The van der Waals surface area contributed by atoms with Crippen molar-refractivity contribution in [2.75, 3.05) is 24.5 Å². The summed E-state index contributed by atoms with van der Waals surface area (Å²) in [7, 11) is 0. The summed E-state index contributed by atoms with van der Waals surface area (Å²) in [6, 6.07) is 0. The molecule has 0 saturated carbocycles. The van der Waals surface area contributed by atoms with Crippen molar-refractivity contribution in [1.82, 2.24) is 14.7 Å². The number of nitrogens with zero attached hydrogens (tertiary/aromatic N) is 4. The maximum Gasteiger partial charge on any atom is 0.228 e. The van der Waals surface area contributed by atoms with Gasteiger partial charge in [-0.3, -0.25) is 14.3 Å². The van der Waals surface area contributed by atoms with Crippen LogP contribution in [0.4, 0.5) is 5.69 Å². The van der Waals surface area contributed by atoms with Crippen molar-refractivity contribution in [2.45, 2.75) is 52.9 Å². The molecule has 2 fully saturated rings. The summed E-state index contributed by atoms with van der Waals surface area (Å²) in [5.41, 5.74) is 0.782. The largest absolute Gasteiger partial charge is 0.372 e. The molecule has 0 spiro atoms. The zero-order valence-corrected chi connectivity index (χ0v) is 15.5. The van der Waals surface area contributed by atoms with E-state index in [1.165, 1.54) is 0 Å². The topological polar surface area (TPSA) is 67.7 Å². The lowest BCUT2D eigenvalue weighted by Gasteiger charge is -2.36. The van der Waals surface area contributed by atoms with E-state index in [0.717, 1.165) is 12.2 Å². The third kappa shape index (κ3) is 4.03. The number of aromatic nitrogens is 2. The van der Waals surface area contributed by atoms with Crippen LogP contribution in [0.15, 0.2) is 12.4 Å². The van der Waals surface area contributed by atoms with Crippen LogP contribution in [0, 0.1) is 11.8 Å². The predicted octanol–water partition coefficient (Wildman–Crippen LogP) is 1.53. The molecule has 0 aliphatic carbocycles. The van der Waals surface area contributed by atoms with Gasteiger partial charge in [0, 0.05) is 38.8 Å². The van der Waals surface area contributed by atoms with Gasteiger partial charge in [0.25, 0.3) is 0 Å². The Morgan fingerprint density at radius 1 is 1.28 bits per heavy atom. The van der Waals surface area contributed by atoms with Gasteiger partial charge in [-0.25, -0.2) is 0 Å². The second kappa shape index (κ2) is 7.15. The molecule has 0 radical (unpaired) electrons. The Bertz CT molecular complexity index is 632. The molecule has 2 saturated heterocycles. The van der Waals surface area contributed by atoms with Gasteiger partial charge in [-0.05, 0) is 19.8 Å². The summed E-state index contributed by atoms with van der Waals surface area (Å²) < 4.78 is 7.55. The van der Waals surface area contributed by atoms with E-state index in [9.17, 15) is 9.59 Å². The molecule has 0 bridgehead atoms. The van der Waals surface area contributed by atoms with Crippen molar-refractivity contribution in [2.24, 2.45) is 11.8 Å². The SMILES string of the molecule is CC(C)Cn1cc(N2C[C@H](C(=O)N3C[C@@H](C)O[C@H](C)C3)CC2=O)cn1. The van der Waals surface area contributed by atoms with Crippen LogP contribution < -0.4 is 4.90 Å². The predicted molar refractivity (Wildman–Crippen MR) is 94.1 cm³/mol. The molecular formula is C18H28N4O3. The van der Waals surface area contributed by atoms with Crippen LogP contribution in [0.3, 0.4) is 0 Å². The van der Waals surface area contributed by atoms with Gasteiger partial charge in [-0.1, -0.05) is 13.8 Å². The molecule has 3 rings (SSSR count). The van der Waals surface area contributed by atoms with Crippen molar-refractivity contribution < 1.29 is 14.3 Å². The molecule has 7 heteroatoms. The van der Waals surface area contributed by atoms with E-state index in [-0.39, 0.29) is 36.4 Å². The lowest BCUT2D eigenvalue weighted by atomic mass is 10.1. The highest BCUT2D eigenvalue weighted by atomic mass is 16.5. The van der Waals surface area contributed by atoms with Gasteiger partial charge >= 0.3 is 0 Å². The quantitative estimate of drug-likeness (QED) is 0.827. The van der Waals surface area contributed by atoms with Crippen LogP contribution in [-0.2, 0) is 20.9 Å². The summed E-state index contributed by atoms with van der Waals surface area (Å²) >= 11 is 0. The van der Waals surface area contributed by atoms with Crippen molar-refractivity contribution in [3.8, 4) is 0 Å². The Balaban J connectivity index is 1.65. The third-order valence-corrected chi connectivity index (χ3v) is 4.69. The number of hydrogen-bond donors (Lipinski definition) is 0. The van der Waals surface area contributed by atoms with Crippen molar-refractivity contribution in [3.05, 3.63) is 12.4 Å². The molecule has 25 heavy (non-hydrogen) atoms. The molecule has 2 aliphatic heterocycles. The van der Waals surface area contributed by atoms with E-state index < -0.39 is 0 Å². The van der Waals surface area contributed by atoms with E-state index in [1.807, 2.05) is 29.6 Å². The maximum atomic E-state index is 12.8. The number of morpholine rings is 1. The number of amides is 2. The van der Waals surface area contributed by atoms with E-state index >= 15 is 0 Å². The number of carbonyl (C=O) groups excluding carboxylic acids is 2. The second-order valence-electron chi connectivity index (χ2n) is 7.72. The first-order valence-corrected chi connectivity index (χ1v) is 9.10. The summed E-state index contributed by atoms with van der Waals surface area (Å²) in [4.78, 5) is 28.8. The number of ether oxygens (including phenoxy) is 1. The highest BCUT2D eigenvalue weighted by Crippen LogP contribution is 2.27. The first-order chi connectivity index (χ1) is 11.8. The Labute approximate surface area is 148 Å². The lowest BCUT2D eigenvalue weighted by Crippen LogP contribution is -2.50. The molecule has 2 amide bonds. The Morgan fingerprint density at radius 2 is 1.96 bits per heavy atom. The Kier molecular flexibility index (Phi) is 5.13. The molecule has 0 aromatic carbocycles. The standard InChI is InChI=1S/C18H28N4O3/c1-12(2)7-21-11-16(6-19-21)22-10-15(5-17(22)23)18(24)20-8-13(3)25-14(4)9-20/h6,11-15H,5,7-10H2,1-4H3/t13-,14-,15-/m1/s1. The van der Waals surface area contributed by atoms with Crippen LogP contribution in [0.2, 0.25) is 0 Å². The molecule has 1 aromatic heterocycles. The van der Waals surface area contributed by atoms with E-state index in [0.29, 0.717) is 25.6 Å². The minimum Gasteiger partial charge on any atom is -0.372 e. The maximum absolute atomic E-state index is 12.8. The molecule has 1 aromatic rings. The Morgan fingerprint density at radius 3 is 2.60 bits per heavy atom. The fourth-order valence-electron chi connectivity index (χ4n) is 3.70. The van der Waals surface area contributed by atoms with Gasteiger partial charge < -0.3 is 14.5 Å². The summed E-state index contributed by atoms with van der Waals surface area (Å²) in [5.74, 6) is 0.268. The normalized spacial score (nSPS) is 27.4. The molecule has 3 atom stereocenters. The average Bonchev–Trinajstić information content (AvgIpc) is 3.11. The van der Waals surface area contributed by atoms with Crippen molar-refractivity contribution >= 4 is 17.5 Å². The fourth-order valence-corrected chi connectivity index (χ4v) is 3.70. The third-order valence-electron chi connectivity index (χ3n) is 4.69. The molecule has 0 unspecified atom stereocenters. The second-order valence-corrected chi connectivity index (χ2v) is 7.72. The monoisotopic (exact) mass is 348 g/mol. The van der Waals surface area contributed by atoms with Crippen LogP contribution in [0.25, 0.3) is 0 Å². The van der Waals surface area contributed by atoms with Gasteiger partial charge in [0.15, 0.2) is 0 Å². The van der Waals surface area contributed by atoms with E-state index in [4.69, 9.17) is 4.74 Å².